The van der Waals surface area contributed by atoms with Gasteiger partial charge < -0.3 is 10.6 Å². The average molecular weight is 271 g/mol. The van der Waals surface area contributed by atoms with E-state index in [4.69, 9.17) is 16.3 Å². The van der Waals surface area contributed by atoms with Crippen molar-refractivity contribution < 1.29 is 4.79 Å². The molecule has 1 aromatic carbocycles. The number of benzene rings is 1. The Kier molecular flexibility index (Phi) is 3.60. The lowest BCUT2D eigenvalue weighted by Gasteiger charge is -2.15. The molecule has 0 aliphatic carbocycles. The number of thiazole rings is 1. The zero-order chi connectivity index (χ0) is 13.8. The molecule has 0 saturated heterocycles. The molecule has 2 N–H and O–H groups in total. The van der Waals surface area contributed by atoms with Crippen LogP contribution in [0.2, 0.25) is 0 Å². The molecule has 2 aromatic rings. The highest BCUT2D eigenvalue weighted by Gasteiger charge is 2.16. The molecule has 19 heavy (non-hydrogen) atoms. The van der Waals surface area contributed by atoms with Gasteiger partial charge in [-0.1, -0.05) is 11.3 Å². The standard InChI is InChI=1S/C12H9N5OS/c13-3-5-17(6-4-14)11(18)8-1-2-9-10(7-8)19-12(15)16-9/h1-2,7H,5-6H2,(H2,15,16). The number of carbonyl (C=O) groups is 1. The summed E-state index contributed by atoms with van der Waals surface area (Å²) in [7, 11) is 0. The van der Waals surface area contributed by atoms with Crippen LogP contribution >= 0.6 is 11.3 Å². The minimum atomic E-state index is -0.350. The molecule has 0 bridgehead atoms. The number of rotatable bonds is 3. The number of nitrogens with two attached hydrogens (primary N) is 1. The lowest BCUT2D eigenvalue weighted by atomic mass is 10.2. The van der Waals surface area contributed by atoms with Crippen molar-refractivity contribution in [2.75, 3.05) is 18.8 Å². The summed E-state index contributed by atoms with van der Waals surface area (Å²) >= 11 is 1.29. The molecule has 0 aliphatic rings. The van der Waals surface area contributed by atoms with Crippen LogP contribution in [0, 0.1) is 22.7 Å². The van der Waals surface area contributed by atoms with Crippen molar-refractivity contribution in [2.45, 2.75) is 0 Å². The summed E-state index contributed by atoms with van der Waals surface area (Å²) in [4.78, 5) is 17.4. The first-order chi connectivity index (χ1) is 9.15. The van der Waals surface area contributed by atoms with E-state index >= 15 is 0 Å². The van der Waals surface area contributed by atoms with Gasteiger partial charge in [0.1, 0.15) is 13.1 Å². The number of hydrogen-bond donors (Lipinski definition) is 1. The second-order valence-electron chi connectivity index (χ2n) is 3.71. The Morgan fingerprint density at radius 3 is 2.68 bits per heavy atom. The average Bonchev–Trinajstić information content (AvgIpc) is 2.76. The number of nitrogens with zero attached hydrogens (tertiary/aromatic N) is 4. The van der Waals surface area contributed by atoms with Gasteiger partial charge in [0, 0.05) is 5.56 Å². The van der Waals surface area contributed by atoms with Gasteiger partial charge in [-0.3, -0.25) is 4.79 Å². The van der Waals surface area contributed by atoms with Crippen molar-refractivity contribution in [3.8, 4) is 12.1 Å². The third-order valence-corrected chi connectivity index (χ3v) is 3.31. The lowest BCUT2D eigenvalue weighted by molar-refractivity contribution is 0.0795. The van der Waals surface area contributed by atoms with Crippen LogP contribution in [-0.2, 0) is 0 Å². The van der Waals surface area contributed by atoms with E-state index in [1.807, 2.05) is 12.1 Å². The summed E-state index contributed by atoms with van der Waals surface area (Å²) in [6.45, 7) is -0.232. The predicted molar refractivity (Wildman–Crippen MR) is 71.2 cm³/mol. The van der Waals surface area contributed by atoms with E-state index in [1.54, 1.807) is 18.2 Å². The Morgan fingerprint density at radius 1 is 1.37 bits per heavy atom. The summed E-state index contributed by atoms with van der Waals surface area (Å²) in [5.74, 6) is -0.350. The molecule has 0 spiro atoms. The maximum Gasteiger partial charge on any atom is 0.255 e. The van der Waals surface area contributed by atoms with Crippen LogP contribution in [0.3, 0.4) is 0 Å². The van der Waals surface area contributed by atoms with E-state index in [2.05, 4.69) is 4.98 Å². The van der Waals surface area contributed by atoms with E-state index < -0.39 is 0 Å². The molecular formula is C12H9N5OS. The van der Waals surface area contributed by atoms with Gasteiger partial charge in [0.15, 0.2) is 5.13 Å². The highest BCUT2D eigenvalue weighted by atomic mass is 32.1. The molecule has 0 aliphatic heterocycles. The minimum Gasteiger partial charge on any atom is -0.375 e. The summed E-state index contributed by atoms with van der Waals surface area (Å²) in [6.07, 6.45) is 0. The molecule has 0 atom stereocenters. The van der Waals surface area contributed by atoms with Crippen molar-refractivity contribution in [1.29, 1.82) is 10.5 Å². The van der Waals surface area contributed by atoms with Crippen LogP contribution in [0.4, 0.5) is 5.13 Å². The zero-order valence-corrected chi connectivity index (χ0v) is 10.6. The first-order valence-electron chi connectivity index (χ1n) is 5.35. The van der Waals surface area contributed by atoms with Gasteiger partial charge in [0.05, 0.1) is 22.4 Å². The fourth-order valence-electron chi connectivity index (χ4n) is 1.63. The quantitative estimate of drug-likeness (QED) is 0.848. The molecule has 0 fully saturated rings. The van der Waals surface area contributed by atoms with Crippen LogP contribution < -0.4 is 5.73 Å². The molecule has 7 heteroatoms. The first kappa shape index (κ1) is 12.8. The maximum absolute atomic E-state index is 12.2. The maximum atomic E-state index is 12.2. The zero-order valence-electron chi connectivity index (χ0n) is 9.83. The number of anilines is 1. The second kappa shape index (κ2) is 5.34. The molecule has 6 nitrogen and oxygen atoms in total. The van der Waals surface area contributed by atoms with E-state index in [9.17, 15) is 4.79 Å². The van der Waals surface area contributed by atoms with Crippen molar-refractivity contribution >= 4 is 32.6 Å². The third-order valence-electron chi connectivity index (χ3n) is 2.46. The van der Waals surface area contributed by atoms with Crippen LogP contribution in [0.1, 0.15) is 10.4 Å². The van der Waals surface area contributed by atoms with Gasteiger partial charge in [-0.25, -0.2) is 4.98 Å². The van der Waals surface area contributed by atoms with E-state index in [0.717, 1.165) is 10.2 Å². The Bertz CT molecular complexity index is 693. The smallest absolute Gasteiger partial charge is 0.255 e. The Labute approximate surface area is 113 Å². The first-order valence-corrected chi connectivity index (χ1v) is 6.16. The van der Waals surface area contributed by atoms with E-state index in [1.165, 1.54) is 16.2 Å². The van der Waals surface area contributed by atoms with Crippen molar-refractivity contribution in [3.63, 3.8) is 0 Å². The summed E-state index contributed by atoms with van der Waals surface area (Å²) in [5, 5.41) is 17.7. The summed E-state index contributed by atoms with van der Waals surface area (Å²) in [6, 6.07) is 8.73. The van der Waals surface area contributed by atoms with Crippen molar-refractivity contribution in [3.05, 3.63) is 23.8 Å². The topological polar surface area (TPSA) is 107 Å². The Balaban J connectivity index is 2.34. The van der Waals surface area contributed by atoms with E-state index in [0.29, 0.717) is 10.7 Å². The van der Waals surface area contributed by atoms with Crippen molar-refractivity contribution in [2.24, 2.45) is 0 Å². The molecule has 0 unspecified atom stereocenters. The lowest BCUT2D eigenvalue weighted by Crippen LogP contribution is -2.31. The Hall–Kier alpha value is -2.64. The van der Waals surface area contributed by atoms with Gasteiger partial charge >= 0.3 is 0 Å². The SMILES string of the molecule is N#CCN(CC#N)C(=O)c1ccc2nc(N)sc2c1. The highest BCUT2D eigenvalue weighted by Crippen LogP contribution is 2.25. The monoisotopic (exact) mass is 271 g/mol. The van der Waals surface area contributed by atoms with Gasteiger partial charge in [-0.15, -0.1) is 0 Å². The van der Waals surface area contributed by atoms with Crippen LogP contribution in [0.15, 0.2) is 18.2 Å². The second-order valence-corrected chi connectivity index (χ2v) is 4.77. The number of hydrogen-bond acceptors (Lipinski definition) is 6. The molecule has 94 valence electrons. The number of amides is 1. The molecule has 2 rings (SSSR count). The fraction of sp³-hybridized carbons (Fsp3) is 0.167. The minimum absolute atomic E-state index is 0.116. The fourth-order valence-corrected chi connectivity index (χ4v) is 2.40. The number of aromatic nitrogens is 1. The van der Waals surface area contributed by atoms with Gasteiger partial charge in [0.25, 0.3) is 5.91 Å². The number of carbonyl (C=O) groups excluding carboxylic acids is 1. The van der Waals surface area contributed by atoms with Crippen LogP contribution in [-0.4, -0.2) is 28.9 Å². The predicted octanol–water partition coefficient (Wildman–Crippen LogP) is 1.37. The van der Waals surface area contributed by atoms with Crippen molar-refractivity contribution in [1.82, 2.24) is 9.88 Å². The summed E-state index contributed by atoms with van der Waals surface area (Å²) < 4.78 is 0.803. The van der Waals surface area contributed by atoms with Gasteiger partial charge in [0.2, 0.25) is 0 Å². The number of nitrogen functional groups attached to an aromatic ring is 1. The highest BCUT2D eigenvalue weighted by molar-refractivity contribution is 7.22. The molecular weight excluding hydrogens is 262 g/mol. The van der Waals surface area contributed by atoms with Crippen LogP contribution in [0.5, 0.6) is 0 Å². The molecule has 0 saturated carbocycles. The third kappa shape index (κ3) is 2.62. The number of fused-ring (bicyclic) bond motifs is 1. The summed E-state index contributed by atoms with van der Waals surface area (Å²) in [5.41, 5.74) is 6.74. The molecule has 1 aromatic heterocycles. The molecule has 0 radical (unpaired) electrons. The van der Waals surface area contributed by atoms with Gasteiger partial charge in [-0.2, -0.15) is 10.5 Å². The number of nitriles is 2. The molecule has 1 amide bonds. The molecule has 1 heterocycles. The van der Waals surface area contributed by atoms with E-state index in [-0.39, 0.29) is 19.0 Å². The normalized spacial score (nSPS) is 9.79. The van der Waals surface area contributed by atoms with Gasteiger partial charge in [-0.05, 0) is 18.2 Å². The Morgan fingerprint density at radius 2 is 2.05 bits per heavy atom. The van der Waals surface area contributed by atoms with Crippen LogP contribution in [0.25, 0.3) is 10.2 Å². The largest absolute Gasteiger partial charge is 0.375 e.